The number of hydrogen-bond donors (Lipinski definition) is 3. The van der Waals surface area contributed by atoms with Crippen molar-refractivity contribution in [2.24, 2.45) is 5.73 Å². The summed E-state index contributed by atoms with van der Waals surface area (Å²) in [6.45, 7) is 2.07. The van der Waals surface area contributed by atoms with Gasteiger partial charge in [-0.3, -0.25) is 4.79 Å². The fraction of sp³-hybridized carbons (Fsp3) is 0.136. The monoisotopic (exact) mass is 436 g/mol. The van der Waals surface area contributed by atoms with Crippen LogP contribution < -0.4 is 16.4 Å². The van der Waals surface area contributed by atoms with Crippen molar-refractivity contribution >= 4 is 50.5 Å². The molecular weight excluding hydrogens is 416 g/mol. The van der Waals surface area contributed by atoms with Crippen LogP contribution in [0.25, 0.3) is 20.8 Å². The highest BCUT2D eigenvalue weighted by atomic mass is 32.1. The summed E-state index contributed by atoms with van der Waals surface area (Å²) in [5.41, 5.74) is 9.13. The second kappa shape index (κ2) is 8.64. The molecule has 1 atom stereocenters. The molecule has 0 aliphatic rings. The molecular formula is C22H20N4O2S2. The Bertz CT molecular complexity index is 1180. The number of aromatic nitrogens is 1. The summed E-state index contributed by atoms with van der Waals surface area (Å²) in [6.07, 6.45) is 0.0996. The van der Waals surface area contributed by atoms with E-state index in [1.165, 1.54) is 16.9 Å². The molecule has 0 aliphatic carbocycles. The Labute approximate surface area is 181 Å². The zero-order valence-corrected chi connectivity index (χ0v) is 17.8. The van der Waals surface area contributed by atoms with Crippen LogP contribution in [-0.2, 0) is 4.79 Å². The van der Waals surface area contributed by atoms with Gasteiger partial charge in [-0.2, -0.15) is 0 Å². The summed E-state index contributed by atoms with van der Waals surface area (Å²) in [5, 5.41) is 8.34. The number of thiophene rings is 1. The number of nitrogens with zero attached hydrogens (tertiary/aromatic N) is 1. The molecule has 0 saturated carbocycles. The Morgan fingerprint density at radius 1 is 1.13 bits per heavy atom. The number of anilines is 1. The minimum absolute atomic E-state index is 0.0996. The molecule has 1 unspecified atom stereocenters. The number of urea groups is 1. The number of hydrogen-bond acceptors (Lipinski definition) is 5. The molecule has 0 bridgehead atoms. The molecule has 2 aromatic heterocycles. The topological polar surface area (TPSA) is 97.1 Å². The maximum Gasteiger partial charge on any atom is 0.312 e. The molecule has 8 heteroatoms. The van der Waals surface area contributed by atoms with Crippen LogP contribution in [-0.4, -0.2) is 16.9 Å². The summed E-state index contributed by atoms with van der Waals surface area (Å²) in [4.78, 5) is 29.3. The van der Waals surface area contributed by atoms with E-state index in [4.69, 9.17) is 10.7 Å². The number of amides is 3. The second-order valence-corrected chi connectivity index (χ2v) is 8.91. The highest BCUT2D eigenvalue weighted by molar-refractivity contribution is 7.21. The molecule has 4 rings (SSSR count). The molecule has 6 nitrogen and oxygen atoms in total. The summed E-state index contributed by atoms with van der Waals surface area (Å²) in [5.74, 6) is -0.203. The molecule has 4 aromatic rings. The number of nitrogens with two attached hydrogens (primary N) is 1. The van der Waals surface area contributed by atoms with Gasteiger partial charge < -0.3 is 16.4 Å². The first-order valence-electron chi connectivity index (χ1n) is 9.35. The molecule has 0 radical (unpaired) electrons. The van der Waals surface area contributed by atoms with E-state index >= 15 is 0 Å². The van der Waals surface area contributed by atoms with E-state index in [1.807, 2.05) is 47.8 Å². The largest absolute Gasteiger partial charge is 0.352 e. The Hall–Kier alpha value is -3.23. The van der Waals surface area contributed by atoms with Gasteiger partial charge in [0.2, 0.25) is 5.91 Å². The van der Waals surface area contributed by atoms with E-state index in [9.17, 15) is 9.59 Å². The Kier molecular flexibility index (Phi) is 5.78. The van der Waals surface area contributed by atoms with Crippen LogP contribution in [0.15, 0.2) is 60.0 Å². The highest BCUT2D eigenvalue weighted by Gasteiger charge is 2.18. The lowest BCUT2D eigenvalue weighted by Gasteiger charge is -2.16. The number of carbonyl (C=O) groups excluding carboxylic acids is 2. The van der Waals surface area contributed by atoms with Gasteiger partial charge in [0.15, 0.2) is 0 Å². The lowest BCUT2D eigenvalue weighted by molar-refractivity contribution is -0.116. The smallest absolute Gasteiger partial charge is 0.312 e. The number of carbonyl (C=O) groups is 2. The maximum absolute atomic E-state index is 12.5. The average Bonchev–Trinajstić information content (AvgIpc) is 3.37. The molecule has 2 heterocycles. The fourth-order valence-corrected chi connectivity index (χ4v) is 4.98. The van der Waals surface area contributed by atoms with Crippen LogP contribution in [0, 0.1) is 6.92 Å². The predicted octanol–water partition coefficient (Wildman–Crippen LogP) is 5.07. The number of benzene rings is 2. The third kappa shape index (κ3) is 4.67. The van der Waals surface area contributed by atoms with Crippen molar-refractivity contribution < 1.29 is 9.59 Å². The quantitative estimate of drug-likeness (QED) is 0.393. The van der Waals surface area contributed by atoms with Crippen LogP contribution in [0.2, 0.25) is 0 Å². The van der Waals surface area contributed by atoms with Crippen LogP contribution in [0.4, 0.5) is 10.5 Å². The van der Waals surface area contributed by atoms with Gasteiger partial charge in [0, 0.05) is 16.1 Å². The summed E-state index contributed by atoms with van der Waals surface area (Å²) in [7, 11) is 0. The number of aryl methyl sites for hydroxylation is 1. The minimum Gasteiger partial charge on any atom is -0.352 e. The summed E-state index contributed by atoms with van der Waals surface area (Å²) < 4.78 is 1.16. The lowest BCUT2D eigenvalue weighted by atomic mass is 10.1. The maximum atomic E-state index is 12.5. The van der Waals surface area contributed by atoms with Crippen LogP contribution >= 0.6 is 22.7 Å². The van der Waals surface area contributed by atoms with E-state index in [2.05, 4.69) is 29.7 Å². The predicted molar refractivity (Wildman–Crippen MR) is 123 cm³/mol. The molecule has 2 aromatic carbocycles. The second-order valence-electron chi connectivity index (χ2n) is 6.90. The highest BCUT2D eigenvalue weighted by Crippen LogP contribution is 2.31. The van der Waals surface area contributed by atoms with E-state index in [1.54, 1.807) is 11.3 Å². The Balaban J connectivity index is 1.44. The number of nitrogens with one attached hydrogen (secondary N) is 2. The molecule has 0 spiro atoms. The van der Waals surface area contributed by atoms with E-state index < -0.39 is 12.1 Å². The molecule has 4 N–H and O–H groups in total. The summed E-state index contributed by atoms with van der Waals surface area (Å²) in [6, 6.07) is 16.4. The van der Waals surface area contributed by atoms with Crippen LogP contribution in [0.1, 0.15) is 22.9 Å². The van der Waals surface area contributed by atoms with Gasteiger partial charge in [0.1, 0.15) is 5.01 Å². The van der Waals surface area contributed by atoms with Crippen molar-refractivity contribution in [2.75, 3.05) is 5.32 Å². The van der Waals surface area contributed by atoms with Gasteiger partial charge in [-0.15, -0.1) is 22.7 Å². The van der Waals surface area contributed by atoms with E-state index in [0.717, 1.165) is 25.7 Å². The third-order valence-corrected chi connectivity index (χ3v) is 6.61. The van der Waals surface area contributed by atoms with Gasteiger partial charge in [0.25, 0.3) is 0 Å². The average molecular weight is 437 g/mol. The van der Waals surface area contributed by atoms with Crippen molar-refractivity contribution in [2.45, 2.75) is 19.4 Å². The van der Waals surface area contributed by atoms with Gasteiger partial charge >= 0.3 is 6.03 Å². The van der Waals surface area contributed by atoms with E-state index in [0.29, 0.717) is 5.69 Å². The minimum atomic E-state index is -0.656. The molecule has 30 heavy (non-hydrogen) atoms. The standard InChI is InChI=1S/C22H20N4O2S2/c1-13-4-9-16-19(11-13)30-21(25-16)14-5-7-15(8-6-14)24-20(27)12-17(26-22(23)28)18-3-2-10-29-18/h2-11,17H,12H2,1H3,(H,24,27)(H3,23,26,28). The van der Waals surface area contributed by atoms with Crippen molar-refractivity contribution in [1.29, 1.82) is 0 Å². The van der Waals surface area contributed by atoms with Gasteiger partial charge in [-0.1, -0.05) is 12.1 Å². The first kappa shape index (κ1) is 20.1. The third-order valence-electron chi connectivity index (χ3n) is 4.55. The molecule has 3 amide bonds. The van der Waals surface area contributed by atoms with Crippen molar-refractivity contribution in [3.05, 3.63) is 70.4 Å². The lowest BCUT2D eigenvalue weighted by Crippen LogP contribution is -2.34. The number of fused-ring (bicyclic) bond motifs is 1. The van der Waals surface area contributed by atoms with Gasteiger partial charge in [-0.25, -0.2) is 9.78 Å². The van der Waals surface area contributed by atoms with Gasteiger partial charge in [0.05, 0.1) is 22.7 Å². The van der Waals surface area contributed by atoms with Crippen molar-refractivity contribution in [1.82, 2.24) is 10.3 Å². The van der Waals surface area contributed by atoms with Crippen molar-refractivity contribution in [3.8, 4) is 10.6 Å². The Morgan fingerprint density at radius 2 is 1.93 bits per heavy atom. The number of primary amides is 1. The fourth-order valence-electron chi connectivity index (χ4n) is 3.13. The molecule has 0 saturated heterocycles. The number of rotatable bonds is 6. The zero-order chi connectivity index (χ0) is 21.1. The van der Waals surface area contributed by atoms with Gasteiger partial charge in [-0.05, 0) is 60.3 Å². The first-order valence-corrected chi connectivity index (χ1v) is 11.0. The normalized spacial score (nSPS) is 11.9. The molecule has 152 valence electrons. The Morgan fingerprint density at radius 3 is 2.63 bits per heavy atom. The molecule has 0 fully saturated rings. The van der Waals surface area contributed by atoms with E-state index in [-0.39, 0.29) is 12.3 Å². The van der Waals surface area contributed by atoms with Crippen LogP contribution in [0.5, 0.6) is 0 Å². The van der Waals surface area contributed by atoms with Crippen LogP contribution in [0.3, 0.4) is 0 Å². The number of thiazole rings is 1. The zero-order valence-electron chi connectivity index (χ0n) is 16.2. The van der Waals surface area contributed by atoms with Crippen molar-refractivity contribution in [3.63, 3.8) is 0 Å². The first-order chi connectivity index (χ1) is 14.5. The summed E-state index contributed by atoms with van der Waals surface area (Å²) >= 11 is 3.11. The SMILES string of the molecule is Cc1ccc2nc(-c3ccc(NC(=O)CC(NC(N)=O)c4cccs4)cc3)sc2c1. The molecule has 0 aliphatic heterocycles.